The molecule has 7 heteroatoms. The van der Waals surface area contributed by atoms with Gasteiger partial charge in [0.1, 0.15) is 0 Å². The van der Waals surface area contributed by atoms with Gasteiger partial charge in [-0.1, -0.05) is 41.5 Å². The van der Waals surface area contributed by atoms with Crippen molar-refractivity contribution >= 4 is 5.97 Å². The number of nitrogens with zero attached hydrogens (tertiary/aromatic N) is 1. The van der Waals surface area contributed by atoms with Crippen molar-refractivity contribution in [2.75, 3.05) is 0 Å². The molecule has 2 aromatic carbocycles. The minimum absolute atomic E-state index is 0.000484. The fourth-order valence-corrected chi connectivity index (χ4v) is 3.25. The van der Waals surface area contributed by atoms with Gasteiger partial charge in [0.25, 0.3) is 0 Å². The average molecular weight is 417 g/mol. The SMILES string of the molecule is Cc1cc(C(=O)O)c(C)n1-c1ccccc1C(F)(F)F.Cc1ccc(C)c(C[NH-])c1. The van der Waals surface area contributed by atoms with E-state index in [4.69, 9.17) is 10.8 Å². The van der Waals surface area contributed by atoms with Gasteiger partial charge in [-0.3, -0.25) is 0 Å². The van der Waals surface area contributed by atoms with E-state index < -0.39 is 17.7 Å². The third-order valence-corrected chi connectivity index (χ3v) is 4.81. The molecule has 0 aliphatic rings. The summed E-state index contributed by atoms with van der Waals surface area (Å²) in [6, 6.07) is 12.7. The number of para-hydroxylation sites is 1. The molecule has 0 saturated carbocycles. The lowest BCUT2D eigenvalue weighted by Gasteiger charge is -2.16. The number of carboxylic acids is 1. The van der Waals surface area contributed by atoms with E-state index in [2.05, 4.69) is 25.1 Å². The predicted octanol–water partition coefficient (Wildman–Crippen LogP) is 6.67. The lowest BCUT2D eigenvalue weighted by molar-refractivity contribution is -0.137. The number of carboxylic acid groups (broad SMARTS) is 1. The van der Waals surface area contributed by atoms with Crippen molar-refractivity contribution in [3.05, 3.63) is 93.5 Å². The van der Waals surface area contributed by atoms with Crippen LogP contribution in [0.25, 0.3) is 11.4 Å². The molecule has 0 unspecified atom stereocenters. The molecule has 0 saturated heterocycles. The number of rotatable bonds is 3. The lowest BCUT2D eigenvalue weighted by Crippen LogP contribution is -2.12. The Morgan fingerprint density at radius 1 is 1.03 bits per heavy atom. The Labute approximate surface area is 173 Å². The normalized spacial score (nSPS) is 11.1. The summed E-state index contributed by atoms with van der Waals surface area (Å²) < 4.78 is 40.4. The molecular weight excluding hydrogens is 393 g/mol. The number of benzene rings is 2. The van der Waals surface area contributed by atoms with Crippen LogP contribution < -0.4 is 0 Å². The van der Waals surface area contributed by atoms with E-state index >= 15 is 0 Å². The lowest BCUT2D eigenvalue weighted by atomic mass is 10.1. The minimum atomic E-state index is -4.50. The molecule has 160 valence electrons. The maximum absolute atomic E-state index is 13.0. The van der Waals surface area contributed by atoms with Gasteiger partial charge in [-0.05, 0) is 51.5 Å². The standard InChI is InChI=1S/C14H12F3NO2.C9H12N/c1-8-7-10(13(19)20)9(2)18(8)12-6-4-3-5-11(12)14(15,16)17;1-7-3-4-8(2)9(5-7)6-10/h3-7H,1-2H3,(H,19,20);3-5,10H,6H2,1-2H3/q;-1. The van der Waals surface area contributed by atoms with Crippen LogP contribution in [-0.4, -0.2) is 15.6 Å². The molecule has 3 aromatic rings. The highest BCUT2D eigenvalue weighted by molar-refractivity contribution is 5.89. The number of aromatic carboxylic acids is 1. The molecule has 0 spiro atoms. The third-order valence-electron chi connectivity index (χ3n) is 4.81. The second kappa shape index (κ2) is 9.17. The van der Waals surface area contributed by atoms with Crippen LogP contribution in [0.1, 0.15) is 44.0 Å². The van der Waals surface area contributed by atoms with Crippen LogP contribution in [0.15, 0.2) is 48.5 Å². The van der Waals surface area contributed by atoms with Gasteiger partial charge in [-0.15, -0.1) is 6.54 Å². The summed E-state index contributed by atoms with van der Waals surface area (Å²) in [6.45, 7) is 7.56. The number of halogens is 3. The highest BCUT2D eigenvalue weighted by atomic mass is 19.4. The van der Waals surface area contributed by atoms with Crippen LogP contribution in [0.5, 0.6) is 0 Å². The van der Waals surface area contributed by atoms with Crippen LogP contribution in [0, 0.1) is 27.7 Å². The summed E-state index contributed by atoms with van der Waals surface area (Å²) in [5.74, 6) is -1.16. The van der Waals surface area contributed by atoms with Crippen molar-refractivity contribution in [1.82, 2.24) is 4.57 Å². The first-order valence-corrected chi connectivity index (χ1v) is 9.27. The first-order valence-electron chi connectivity index (χ1n) is 9.27. The number of hydrogen-bond acceptors (Lipinski definition) is 1. The van der Waals surface area contributed by atoms with Crippen LogP contribution in [-0.2, 0) is 12.7 Å². The fourth-order valence-electron chi connectivity index (χ4n) is 3.25. The Hall–Kier alpha value is -3.06. The Balaban J connectivity index is 0.000000269. The molecule has 0 bridgehead atoms. The van der Waals surface area contributed by atoms with E-state index in [-0.39, 0.29) is 16.9 Å². The number of nitrogens with one attached hydrogen (secondary N) is 1. The van der Waals surface area contributed by atoms with Gasteiger partial charge in [-0.2, -0.15) is 13.2 Å². The van der Waals surface area contributed by atoms with E-state index in [0.29, 0.717) is 12.2 Å². The molecule has 0 fully saturated rings. The Morgan fingerprint density at radius 2 is 1.67 bits per heavy atom. The van der Waals surface area contributed by atoms with Crippen LogP contribution in [0.4, 0.5) is 13.2 Å². The molecule has 4 nitrogen and oxygen atoms in total. The van der Waals surface area contributed by atoms with E-state index in [1.54, 1.807) is 6.92 Å². The Kier molecular flexibility index (Phi) is 7.10. The van der Waals surface area contributed by atoms with Gasteiger partial charge in [0.2, 0.25) is 0 Å². The smallest absolute Gasteiger partial charge is 0.418 e. The molecule has 1 aromatic heterocycles. The van der Waals surface area contributed by atoms with E-state index in [0.717, 1.165) is 11.6 Å². The number of hydrogen-bond donors (Lipinski definition) is 1. The van der Waals surface area contributed by atoms with Crippen molar-refractivity contribution < 1.29 is 23.1 Å². The quantitative estimate of drug-likeness (QED) is 0.517. The number of aryl methyl sites for hydroxylation is 3. The van der Waals surface area contributed by atoms with E-state index in [9.17, 15) is 18.0 Å². The molecule has 0 aliphatic heterocycles. The molecule has 3 rings (SSSR count). The van der Waals surface area contributed by atoms with E-state index in [1.165, 1.54) is 46.9 Å². The highest BCUT2D eigenvalue weighted by Crippen LogP contribution is 2.35. The predicted molar refractivity (Wildman–Crippen MR) is 111 cm³/mol. The molecule has 0 amide bonds. The van der Waals surface area contributed by atoms with Crippen molar-refractivity contribution in [1.29, 1.82) is 0 Å². The van der Waals surface area contributed by atoms with Crippen molar-refractivity contribution in [2.24, 2.45) is 0 Å². The number of aromatic nitrogens is 1. The van der Waals surface area contributed by atoms with Crippen molar-refractivity contribution in [3.8, 4) is 5.69 Å². The molecule has 0 aliphatic carbocycles. The third kappa shape index (κ3) is 5.10. The van der Waals surface area contributed by atoms with Crippen LogP contribution in [0.3, 0.4) is 0 Å². The van der Waals surface area contributed by atoms with Crippen LogP contribution in [0.2, 0.25) is 0 Å². The Morgan fingerprint density at radius 3 is 2.17 bits per heavy atom. The number of carbonyl (C=O) groups is 1. The maximum atomic E-state index is 13.0. The minimum Gasteiger partial charge on any atom is -0.674 e. The number of alkyl halides is 3. The van der Waals surface area contributed by atoms with Crippen LogP contribution >= 0.6 is 0 Å². The van der Waals surface area contributed by atoms with Gasteiger partial charge < -0.3 is 15.4 Å². The summed E-state index contributed by atoms with van der Waals surface area (Å²) in [7, 11) is 0. The molecule has 1 heterocycles. The maximum Gasteiger partial charge on any atom is 0.418 e. The fraction of sp³-hybridized carbons (Fsp3) is 0.261. The summed E-state index contributed by atoms with van der Waals surface area (Å²) in [6.07, 6.45) is -4.50. The zero-order valence-corrected chi connectivity index (χ0v) is 17.3. The molecular formula is C23H24F3N2O2-. The molecule has 30 heavy (non-hydrogen) atoms. The molecule has 0 radical (unpaired) electrons. The topological polar surface area (TPSA) is 66.0 Å². The largest absolute Gasteiger partial charge is 0.674 e. The highest BCUT2D eigenvalue weighted by Gasteiger charge is 2.34. The van der Waals surface area contributed by atoms with Gasteiger partial charge in [0.05, 0.1) is 16.8 Å². The first kappa shape index (κ1) is 23.2. The summed E-state index contributed by atoms with van der Waals surface area (Å²) in [4.78, 5) is 11.1. The van der Waals surface area contributed by atoms with Gasteiger partial charge in [0.15, 0.2) is 0 Å². The average Bonchev–Trinajstić information content (AvgIpc) is 2.98. The molecule has 2 N–H and O–H groups in total. The second-order valence-corrected chi connectivity index (χ2v) is 7.05. The summed E-state index contributed by atoms with van der Waals surface area (Å²) in [5, 5.41) is 9.04. The Bertz CT molecular complexity index is 1050. The first-order chi connectivity index (χ1) is 14.0. The van der Waals surface area contributed by atoms with Gasteiger partial charge in [0, 0.05) is 11.4 Å². The molecule has 0 atom stereocenters. The summed E-state index contributed by atoms with van der Waals surface area (Å²) in [5.41, 5.74) is 10.6. The zero-order valence-electron chi connectivity index (χ0n) is 17.3. The van der Waals surface area contributed by atoms with E-state index in [1.807, 2.05) is 6.92 Å². The zero-order chi connectivity index (χ0) is 22.6. The van der Waals surface area contributed by atoms with Gasteiger partial charge >= 0.3 is 12.1 Å². The monoisotopic (exact) mass is 417 g/mol. The van der Waals surface area contributed by atoms with Crippen molar-refractivity contribution in [2.45, 2.75) is 40.4 Å². The second-order valence-electron chi connectivity index (χ2n) is 7.05. The van der Waals surface area contributed by atoms with Crippen molar-refractivity contribution in [3.63, 3.8) is 0 Å². The van der Waals surface area contributed by atoms with Gasteiger partial charge in [-0.25, -0.2) is 4.79 Å². The summed E-state index contributed by atoms with van der Waals surface area (Å²) >= 11 is 0.